The lowest BCUT2D eigenvalue weighted by atomic mass is 10.4. The molecule has 0 N–H and O–H groups in total. The first-order valence-electron chi connectivity index (χ1n) is 2.83. The van der Waals surface area contributed by atoms with E-state index in [0.717, 1.165) is 0 Å². The van der Waals surface area contributed by atoms with Crippen LogP contribution in [-0.4, -0.2) is 19.0 Å². The molecular formula is C6H8O3. The molecule has 0 amide bonds. The minimum absolute atomic E-state index is 0.0292. The Labute approximate surface area is 53.3 Å². The van der Waals surface area contributed by atoms with Gasteiger partial charge in [-0.05, 0) is 6.92 Å². The van der Waals surface area contributed by atoms with Crippen LogP contribution in [0.5, 0.6) is 0 Å². The van der Waals surface area contributed by atoms with Crippen LogP contribution < -0.4 is 0 Å². The second-order valence-electron chi connectivity index (χ2n) is 1.65. The van der Waals surface area contributed by atoms with Crippen molar-refractivity contribution in [2.75, 3.05) is 13.2 Å². The minimum atomic E-state index is -0.0292. The molecule has 50 valence electrons. The van der Waals surface area contributed by atoms with Crippen LogP contribution in [0.1, 0.15) is 6.92 Å². The number of rotatable bonds is 2. The molecule has 9 heavy (non-hydrogen) atoms. The number of carbonyl (C=O) groups excluding carboxylic acids is 1. The van der Waals surface area contributed by atoms with Crippen molar-refractivity contribution in [3.63, 3.8) is 0 Å². The number of hydrogen-bond donors (Lipinski definition) is 0. The van der Waals surface area contributed by atoms with Gasteiger partial charge in [0, 0.05) is 0 Å². The largest absolute Gasteiger partial charge is 0.466 e. The van der Waals surface area contributed by atoms with Crippen molar-refractivity contribution >= 4 is 5.78 Å². The Hall–Kier alpha value is -0.990. The van der Waals surface area contributed by atoms with E-state index >= 15 is 0 Å². The summed E-state index contributed by atoms with van der Waals surface area (Å²) in [5, 5.41) is 0. The van der Waals surface area contributed by atoms with E-state index < -0.39 is 0 Å². The van der Waals surface area contributed by atoms with Crippen molar-refractivity contribution in [1.29, 1.82) is 0 Å². The van der Waals surface area contributed by atoms with Crippen LogP contribution in [0.25, 0.3) is 0 Å². The molecule has 0 aromatic rings. The van der Waals surface area contributed by atoms with Gasteiger partial charge in [-0.1, -0.05) is 0 Å². The highest BCUT2D eigenvalue weighted by Gasteiger charge is 2.12. The van der Waals surface area contributed by atoms with Crippen LogP contribution in [0.4, 0.5) is 0 Å². The molecule has 1 aliphatic rings. The van der Waals surface area contributed by atoms with Gasteiger partial charge in [-0.3, -0.25) is 4.79 Å². The molecular weight excluding hydrogens is 120 g/mol. The van der Waals surface area contributed by atoms with Gasteiger partial charge in [0.25, 0.3) is 5.95 Å². The molecule has 0 fully saturated rings. The number of carbonyl (C=O) groups is 1. The zero-order valence-corrected chi connectivity index (χ0v) is 5.22. The molecule has 0 atom stereocenters. The van der Waals surface area contributed by atoms with Gasteiger partial charge >= 0.3 is 0 Å². The smallest absolute Gasteiger partial charge is 0.283 e. The summed E-state index contributed by atoms with van der Waals surface area (Å²) in [6, 6.07) is 0. The molecule has 0 radical (unpaired) electrons. The predicted molar refractivity (Wildman–Crippen MR) is 30.7 cm³/mol. The highest BCUT2D eigenvalue weighted by Crippen LogP contribution is 2.06. The number of ketones is 1. The summed E-state index contributed by atoms with van der Waals surface area (Å²) < 4.78 is 9.69. The quantitative estimate of drug-likeness (QED) is 0.542. The molecule has 0 aliphatic carbocycles. The molecule has 3 nitrogen and oxygen atoms in total. The van der Waals surface area contributed by atoms with Crippen LogP contribution in [0.15, 0.2) is 12.0 Å². The molecule has 1 rings (SSSR count). The van der Waals surface area contributed by atoms with Gasteiger partial charge in [0.1, 0.15) is 0 Å². The van der Waals surface area contributed by atoms with E-state index in [0.29, 0.717) is 12.6 Å². The molecule has 0 aromatic heterocycles. The van der Waals surface area contributed by atoms with Crippen molar-refractivity contribution in [2.24, 2.45) is 0 Å². The Bertz CT molecular complexity index is 148. The Morgan fingerprint density at radius 2 is 2.67 bits per heavy atom. The second-order valence-corrected chi connectivity index (χ2v) is 1.65. The Kier molecular flexibility index (Phi) is 1.72. The van der Waals surface area contributed by atoms with Crippen LogP contribution in [0.2, 0.25) is 0 Å². The highest BCUT2D eigenvalue weighted by atomic mass is 16.7. The standard InChI is InChI=1S/C6H8O3/c1-2-8-6-3-5(7)4-9-6/h3H,2,4H2,1H3. The minimum Gasteiger partial charge on any atom is -0.466 e. The van der Waals surface area contributed by atoms with Gasteiger partial charge in [0.05, 0.1) is 12.7 Å². The van der Waals surface area contributed by atoms with Gasteiger partial charge in [0.2, 0.25) is 0 Å². The third-order valence-electron chi connectivity index (χ3n) is 0.922. The summed E-state index contributed by atoms with van der Waals surface area (Å²) >= 11 is 0. The van der Waals surface area contributed by atoms with Gasteiger partial charge in [-0.15, -0.1) is 0 Å². The maximum absolute atomic E-state index is 10.4. The zero-order chi connectivity index (χ0) is 6.69. The van der Waals surface area contributed by atoms with Gasteiger partial charge in [0.15, 0.2) is 12.4 Å². The molecule has 0 unspecified atom stereocenters. The van der Waals surface area contributed by atoms with E-state index in [1.165, 1.54) is 6.08 Å². The first-order chi connectivity index (χ1) is 4.33. The fourth-order valence-electron chi connectivity index (χ4n) is 0.583. The Morgan fingerprint density at radius 3 is 3.11 bits per heavy atom. The fourth-order valence-corrected chi connectivity index (χ4v) is 0.583. The van der Waals surface area contributed by atoms with E-state index in [1.54, 1.807) is 0 Å². The van der Waals surface area contributed by atoms with Crippen LogP contribution in [0, 0.1) is 0 Å². The summed E-state index contributed by atoms with van der Waals surface area (Å²) in [7, 11) is 0. The first-order valence-corrected chi connectivity index (χ1v) is 2.83. The SMILES string of the molecule is CCOC1=CC(=O)CO1. The summed E-state index contributed by atoms with van der Waals surface area (Å²) in [4.78, 5) is 10.4. The van der Waals surface area contributed by atoms with Crippen LogP contribution in [0.3, 0.4) is 0 Å². The lowest BCUT2D eigenvalue weighted by Gasteiger charge is -2.00. The third-order valence-corrected chi connectivity index (χ3v) is 0.922. The van der Waals surface area contributed by atoms with Crippen molar-refractivity contribution < 1.29 is 14.3 Å². The van der Waals surface area contributed by atoms with E-state index in [1.807, 2.05) is 6.92 Å². The van der Waals surface area contributed by atoms with E-state index in [9.17, 15) is 4.79 Å². The molecule has 0 spiro atoms. The predicted octanol–water partition coefficient (Wildman–Crippen LogP) is 0.464. The lowest BCUT2D eigenvalue weighted by molar-refractivity contribution is -0.116. The molecule has 3 heteroatoms. The van der Waals surface area contributed by atoms with Gasteiger partial charge in [-0.2, -0.15) is 0 Å². The summed E-state index contributed by atoms with van der Waals surface area (Å²) in [6.07, 6.45) is 1.36. The average Bonchev–Trinajstić information content (AvgIpc) is 2.17. The van der Waals surface area contributed by atoms with Gasteiger partial charge < -0.3 is 9.47 Å². The molecule has 1 aliphatic heterocycles. The summed E-state index contributed by atoms with van der Waals surface area (Å²) in [5.41, 5.74) is 0. The number of hydrogen-bond acceptors (Lipinski definition) is 3. The van der Waals surface area contributed by atoms with Crippen molar-refractivity contribution in [3.8, 4) is 0 Å². The molecule has 0 aromatic carbocycles. The van der Waals surface area contributed by atoms with E-state index in [2.05, 4.69) is 0 Å². The van der Waals surface area contributed by atoms with Crippen LogP contribution >= 0.6 is 0 Å². The number of ether oxygens (including phenoxy) is 2. The Morgan fingerprint density at radius 1 is 1.89 bits per heavy atom. The van der Waals surface area contributed by atoms with Crippen LogP contribution in [-0.2, 0) is 14.3 Å². The maximum Gasteiger partial charge on any atom is 0.283 e. The topological polar surface area (TPSA) is 35.5 Å². The Balaban J connectivity index is 2.42. The monoisotopic (exact) mass is 128 g/mol. The van der Waals surface area contributed by atoms with Crippen molar-refractivity contribution in [1.82, 2.24) is 0 Å². The first kappa shape index (κ1) is 6.13. The average molecular weight is 128 g/mol. The normalized spacial score (nSPS) is 17.0. The molecule has 0 saturated carbocycles. The molecule has 0 bridgehead atoms. The highest BCUT2D eigenvalue weighted by molar-refractivity contribution is 5.92. The van der Waals surface area contributed by atoms with E-state index in [4.69, 9.17) is 9.47 Å². The van der Waals surface area contributed by atoms with Gasteiger partial charge in [-0.25, -0.2) is 0 Å². The summed E-state index contributed by atoms with van der Waals surface area (Å²) in [5.74, 6) is 0.320. The van der Waals surface area contributed by atoms with Crippen molar-refractivity contribution in [3.05, 3.63) is 12.0 Å². The molecule has 1 heterocycles. The van der Waals surface area contributed by atoms with E-state index in [-0.39, 0.29) is 12.4 Å². The van der Waals surface area contributed by atoms with Crippen molar-refractivity contribution in [2.45, 2.75) is 6.92 Å². The lowest BCUT2D eigenvalue weighted by Crippen LogP contribution is -1.94. The zero-order valence-electron chi connectivity index (χ0n) is 5.22. The maximum atomic E-state index is 10.4. The summed E-state index contributed by atoms with van der Waals surface area (Å²) in [6.45, 7) is 2.52. The molecule has 0 saturated heterocycles. The third kappa shape index (κ3) is 1.45. The second kappa shape index (κ2) is 2.53. The fraction of sp³-hybridized carbons (Fsp3) is 0.500.